The van der Waals surface area contributed by atoms with Crippen molar-refractivity contribution in [1.29, 1.82) is 0 Å². The molecule has 0 aromatic carbocycles. The van der Waals surface area contributed by atoms with E-state index in [1.165, 1.54) is 244 Å². The zero-order valence-corrected chi connectivity index (χ0v) is 32.5. The van der Waals surface area contributed by atoms with Crippen molar-refractivity contribution in [3.05, 3.63) is 12.4 Å². The lowest BCUT2D eigenvalue weighted by atomic mass is 10.0. The Morgan fingerprint density at radius 1 is 0.283 bits per heavy atom. The van der Waals surface area contributed by atoms with Crippen molar-refractivity contribution in [2.24, 2.45) is 0 Å². The topological polar surface area (TPSA) is 6.48 Å². The van der Waals surface area contributed by atoms with Gasteiger partial charge in [0.25, 0.3) is 0 Å². The maximum absolute atomic E-state index is 2.73. The smallest absolute Gasteiger partial charge is 0.101 e. The molecule has 0 fully saturated rings. The number of nitrogens with zero attached hydrogens (tertiary/aromatic N) is 2. The van der Waals surface area contributed by atoms with Gasteiger partial charge in [0.2, 0.25) is 0 Å². The molecule has 0 aliphatic carbocycles. The van der Waals surface area contributed by atoms with Gasteiger partial charge in [0, 0.05) is 25.5 Å². The van der Waals surface area contributed by atoms with Crippen molar-refractivity contribution in [2.75, 3.05) is 13.1 Å². The van der Waals surface area contributed by atoms with Crippen LogP contribution >= 0.6 is 0 Å². The Hall–Kier alpha value is -0.660. The van der Waals surface area contributed by atoms with Gasteiger partial charge in [-0.2, -0.15) is 0 Å². The molecular weight excluding hydrogens is 556 g/mol. The van der Waals surface area contributed by atoms with E-state index < -0.39 is 0 Å². The Labute approximate surface area is 292 Å². The molecule has 1 unspecified atom stereocenters. The summed E-state index contributed by atoms with van der Waals surface area (Å²) in [6.07, 6.45) is 57.4. The van der Waals surface area contributed by atoms with Gasteiger partial charge in [0.05, 0.1) is 0 Å². The van der Waals surface area contributed by atoms with Gasteiger partial charge in [-0.05, 0) is 25.7 Å². The fraction of sp³-hybridized carbons (Fsp3) is 0.955. The van der Waals surface area contributed by atoms with Crippen molar-refractivity contribution in [2.45, 2.75) is 258 Å². The first-order valence-corrected chi connectivity index (χ1v) is 22.0. The predicted octanol–water partition coefficient (Wildman–Crippen LogP) is 15.5. The third kappa shape index (κ3) is 27.3. The Morgan fingerprint density at radius 3 is 0.761 bits per heavy atom. The number of unbranched alkanes of at least 4 members (excludes halogenated alkanes) is 32. The van der Waals surface area contributed by atoms with Crippen LogP contribution in [-0.4, -0.2) is 29.1 Å². The average molecular weight is 645 g/mol. The van der Waals surface area contributed by atoms with Crippen LogP contribution in [0.15, 0.2) is 12.4 Å². The number of hydrogen-bond donors (Lipinski definition) is 0. The monoisotopic (exact) mass is 645 g/mol. The molecule has 0 spiro atoms. The van der Waals surface area contributed by atoms with Gasteiger partial charge in [-0.25, -0.2) is 0 Å². The largest absolute Gasteiger partial charge is 0.356 e. The van der Waals surface area contributed by atoms with Crippen LogP contribution in [0.25, 0.3) is 0 Å². The molecule has 274 valence electrons. The summed E-state index contributed by atoms with van der Waals surface area (Å²) in [6, 6.07) is 0. The molecule has 1 aliphatic rings. The highest BCUT2D eigenvalue weighted by Crippen LogP contribution is 2.24. The van der Waals surface area contributed by atoms with Crippen molar-refractivity contribution in [3.63, 3.8) is 0 Å². The summed E-state index contributed by atoms with van der Waals surface area (Å²) in [7, 11) is 0. The van der Waals surface area contributed by atoms with Crippen LogP contribution in [0.1, 0.15) is 252 Å². The molecule has 0 aromatic heterocycles. The Bertz CT molecular complexity index is 601. The fourth-order valence-corrected chi connectivity index (χ4v) is 7.60. The summed E-state index contributed by atoms with van der Waals surface area (Å²) < 4.78 is 0. The van der Waals surface area contributed by atoms with E-state index >= 15 is 0 Å². The van der Waals surface area contributed by atoms with E-state index in [2.05, 4.69) is 43.0 Å². The Balaban J connectivity index is 2.18. The summed E-state index contributed by atoms with van der Waals surface area (Å²) in [5.41, 5.74) is 0. The van der Waals surface area contributed by atoms with Gasteiger partial charge >= 0.3 is 0 Å². The molecule has 2 nitrogen and oxygen atoms in total. The molecule has 0 saturated carbocycles. The SMILES string of the molecule is CCCCCCCCCCCCCCCCCN1C=CN(CCCCCCCCCCCCC)C1CCCCCCCCCCC. The second kappa shape index (κ2) is 35.6. The molecule has 0 bridgehead atoms. The molecule has 1 rings (SSSR count). The van der Waals surface area contributed by atoms with Gasteiger partial charge in [0.1, 0.15) is 6.17 Å². The molecule has 0 saturated heterocycles. The van der Waals surface area contributed by atoms with Gasteiger partial charge in [-0.3, -0.25) is 0 Å². The van der Waals surface area contributed by atoms with Crippen LogP contribution in [-0.2, 0) is 0 Å². The number of rotatable bonds is 38. The van der Waals surface area contributed by atoms with Gasteiger partial charge in [-0.15, -0.1) is 0 Å². The maximum Gasteiger partial charge on any atom is 0.101 e. The van der Waals surface area contributed by atoms with E-state index in [0.29, 0.717) is 6.17 Å². The van der Waals surface area contributed by atoms with Gasteiger partial charge in [0.15, 0.2) is 0 Å². The summed E-state index contributed by atoms with van der Waals surface area (Å²) in [4.78, 5) is 5.45. The molecule has 1 aliphatic heterocycles. The van der Waals surface area contributed by atoms with Crippen LogP contribution in [0.3, 0.4) is 0 Å². The number of hydrogen-bond acceptors (Lipinski definition) is 2. The second-order valence-corrected chi connectivity index (χ2v) is 15.4. The minimum absolute atomic E-state index is 0.638. The molecule has 2 heteroatoms. The van der Waals surface area contributed by atoms with Crippen LogP contribution in [0, 0.1) is 0 Å². The molecule has 1 atom stereocenters. The Kier molecular flexibility index (Phi) is 33.6. The molecule has 0 N–H and O–H groups in total. The van der Waals surface area contributed by atoms with Crippen LogP contribution in [0.4, 0.5) is 0 Å². The highest BCUT2D eigenvalue weighted by atomic mass is 15.4. The van der Waals surface area contributed by atoms with E-state index in [1.807, 2.05) is 0 Å². The lowest BCUT2D eigenvalue weighted by molar-refractivity contribution is 0.135. The quantitative estimate of drug-likeness (QED) is 0.0617. The lowest BCUT2D eigenvalue weighted by Crippen LogP contribution is -2.39. The maximum atomic E-state index is 2.73. The Morgan fingerprint density at radius 2 is 0.500 bits per heavy atom. The minimum Gasteiger partial charge on any atom is -0.356 e. The molecule has 0 amide bonds. The molecular formula is C44H88N2. The lowest BCUT2D eigenvalue weighted by Gasteiger charge is -2.33. The summed E-state index contributed by atoms with van der Waals surface area (Å²) in [5, 5.41) is 0. The first-order valence-electron chi connectivity index (χ1n) is 22.0. The molecule has 1 heterocycles. The zero-order valence-electron chi connectivity index (χ0n) is 32.5. The fourth-order valence-electron chi connectivity index (χ4n) is 7.60. The highest BCUT2D eigenvalue weighted by molar-refractivity contribution is 4.97. The van der Waals surface area contributed by atoms with Crippen LogP contribution in [0.5, 0.6) is 0 Å². The first kappa shape index (κ1) is 43.4. The molecule has 0 aromatic rings. The summed E-state index contributed by atoms with van der Waals surface area (Å²) in [6.45, 7) is 9.49. The minimum atomic E-state index is 0.638. The van der Waals surface area contributed by atoms with E-state index in [9.17, 15) is 0 Å². The summed E-state index contributed by atoms with van der Waals surface area (Å²) in [5.74, 6) is 0. The molecule has 0 radical (unpaired) electrons. The third-order valence-electron chi connectivity index (χ3n) is 10.8. The van der Waals surface area contributed by atoms with Gasteiger partial charge < -0.3 is 9.80 Å². The predicted molar refractivity (Wildman–Crippen MR) is 210 cm³/mol. The standard InChI is InChI=1S/C44H88N2/c1-4-7-10-13-16-19-21-22-23-24-26-29-32-35-38-41-46-43-42-45(40-37-34-31-28-25-20-17-14-11-8-5-2)44(46)39-36-33-30-27-18-15-12-9-6-3/h42-44H,4-41H2,1-3H3. The normalized spacial score (nSPS) is 14.7. The van der Waals surface area contributed by atoms with Crippen LogP contribution < -0.4 is 0 Å². The third-order valence-corrected chi connectivity index (χ3v) is 10.8. The van der Waals surface area contributed by atoms with E-state index in [1.54, 1.807) is 0 Å². The van der Waals surface area contributed by atoms with Crippen molar-refractivity contribution in [1.82, 2.24) is 9.80 Å². The highest BCUT2D eigenvalue weighted by Gasteiger charge is 2.24. The van der Waals surface area contributed by atoms with Crippen LogP contribution in [0.2, 0.25) is 0 Å². The first-order chi connectivity index (χ1) is 22.8. The molecule has 46 heavy (non-hydrogen) atoms. The zero-order chi connectivity index (χ0) is 33.0. The summed E-state index contributed by atoms with van der Waals surface area (Å²) >= 11 is 0. The second-order valence-electron chi connectivity index (χ2n) is 15.4. The van der Waals surface area contributed by atoms with Gasteiger partial charge in [-0.1, -0.05) is 226 Å². The van der Waals surface area contributed by atoms with Crippen molar-refractivity contribution < 1.29 is 0 Å². The van der Waals surface area contributed by atoms with Crippen molar-refractivity contribution in [3.8, 4) is 0 Å². The van der Waals surface area contributed by atoms with E-state index in [-0.39, 0.29) is 0 Å². The van der Waals surface area contributed by atoms with E-state index in [0.717, 1.165) is 0 Å². The van der Waals surface area contributed by atoms with Crippen molar-refractivity contribution >= 4 is 0 Å². The van der Waals surface area contributed by atoms with E-state index in [4.69, 9.17) is 0 Å². The average Bonchev–Trinajstić information content (AvgIpc) is 3.45.